The van der Waals surface area contributed by atoms with Gasteiger partial charge in [-0.05, 0) is 63.2 Å². The molecule has 1 aliphatic heterocycles. The zero-order chi connectivity index (χ0) is 30.1. The largest absolute Gasteiger partial charge is 0.372 e. The van der Waals surface area contributed by atoms with E-state index in [0.717, 1.165) is 66.2 Å². The summed E-state index contributed by atoms with van der Waals surface area (Å²) in [5.41, 5.74) is 8.70. The van der Waals surface area contributed by atoms with Crippen LogP contribution in [-0.4, -0.2) is 69.5 Å². The molecule has 0 fully saturated rings. The molecule has 0 spiro atoms. The third kappa shape index (κ3) is 5.61. The molecule has 2 aromatic carbocycles. The fourth-order valence-corrected chi connectivity index (χ4v) is 5.70. The molecule has 1 aliphatic rings. The zero-order valence-corrected chi connectivity index (χ0v) is 25.1. The van der Waals surface area contributed by atoms with Gasteiger partial charge in [-0.25, -0.2) is 15.0 Å². The predicted octanol–water partition coefficient (Wildman–Crippen LogP) is 5.61. The third-order valence-corrected chi connectivity index (χ3v) is 7.95. The minimum absolute atomic E-state index is 0.272. The maximum absolute atomic E-state index is 12.4. The molecule has 6 rings (SSSR count). The highest BCUT2D eigenvalue weighted by Crippen LogP contribution is 2.39. The number of hydrogen-bond acceptors (Lipinski definition) is 7. The summed E-state index contributed by atoms with van der Waals surface area (Å²) in [4.78, 5) is 34.2. The number of nitrogens with one attached hydrogen (secondary N) is 3. The standard InChI is InChI=1S/C33H37N9O/c1-6-29(43)37-27-18-26(21(2)17-28(27)41(5)16-15-40(3)4)38-33-36-19-24(32-34-12-13-35-32)30(39-33)25-20-42-14-8-10-22-9-7-11-23(25)31(22)42/h6-7,9,11-13,17-20H,1,8,10,14-16H2,2-5H3,(H,34,35)(H,37,43)(H,36,38,39). The van der Waals surface area contributed by atoms with Crippen LogP contribution in [-0.2, 0) is 17.8 Å². The van der Waals surface area contributed by atoms with Crippen LogP contribution in [0.3, 0.4) is 0 Å². The second-order valence-corrected chi connectivity index (χ2v) is 11.3. The molecule has 0 atom stereocenters. The van der Waals surface area contributed by atoms with E-state index < -0.39 is 0 Å². The van der Waals surface area contributed by atoms with Gasteiger partial charge in [0.2, 0.25) is 11.9 Å². The number of hydrogen-bond donors (Lipinski definition) is 3. The van der Waals surface area contributed by atoms with Gasteiger partial charge in [0, 0.05) is 68.1 Å². The van der Waals surface area contributed by atoms with Crippen LogP contribution in [0.15, 0.2) is 67.8 Å². The van der Waals surface area contributed by atoms with E-state index in [0.29, 0.717) is 17.5 Å². The molecule has 10 heteroatoms. The first-order valence-corrected chi connectivity index (χ1v) is 14.5. The second-order valence-electron chi connectivity index (χ2n) is 11.3. The summed E-state index contributed by atoms with van der Waals surface area (Å²) in [5, 5.41) is 7.58. The summed E-state index contributed by atoms with van der Waals surface area (Å²) in [7, 11) is 6.11. The van der Waals surface area contributed by atoms with Gasteiger partial charge in [0.25, 0.3) is 0 Å². The molecular formula is C33H37N9O. The first-order valence-electron chi connectivity index (χ1n) is 14.5. The summed E-state index contributed by atoms with van der Waals surface area (Å²) < 4.78 is 2.34. The Bertz CT molecular complexity index is 1800. The normalized spacial score (nSPS) is 12.5. The molecule has 43 heavy (non-hydrogen) atoms. The second kappa shape index (κ2) is 11.7. The van der Waals surface area contributed by atoms with Crippen LogP contribution < -0.4 is 15.5 Å². The SMILES string of the molecule is C=CC(=O)Nc1cc(Nc2ncc(-c3ncc[nH]3)c(-c3cn4c5c(cccc35)CCC4)n2)c(C)cc1N(C)CCN(C)C. The van der Waals surface area contributed by atoms with E-state index >= 15 is 0 Å². The van der Waals surface area contributed by atoms with Crippen LogP contribution in [0.25, 0.3) is 33.5 Å². The average molecular weight is 576 g/mol. The highest BCUT2D eigenvalue weighted by atomic mass is 16.1. The Morgan fingerprint density at radius 1 is 1.14 bits per heavy atom. The molecule has 5 aromatic rings. The van der Waals surface area contributed by atoms with Gasteiger partial charge < -0.3 is 30.0 Å². The number of H-pyrrole nitrogens is 1. The number of nitrogens with zero attached hydrogens (tertiary/aromatic N) is 6. The molecule has 3 aromatic heterocycles. The quantitative estimate of drug-likeness (QED) is 0.186. The van der Waals surface area contributed by atoms with Crippen molar-refractivity contribution in [1.82, 2.24) is 29.4 Å². The van der Waals surface area contributed by atoms with Crippen LogP contribution in [0.1, 0.15) is 17.5 Å². The lowest BCUT2D eigenvalue weighted by molar-refractivity contribution is -0.111. The molecule has 0 saturated carbocycles. The lowest BCUT2D eigenvalue weighted by atomic mass is 10.0. The molecular weight excluding hydrogens is 538 g/mol. The summed E-state index contributed by atoms with van der Waals surface area (Å²) in [5.74, 6) is 0.894. The number of likely N-dealkylation sites (N-methyl/N-ethyl adjacent to an activating group) is 2. The van der Waals surface area contributed by atoms with Crippen molar-refractivity contribution in [2.75, 3.05) is 49.8 Å². The van der Waals surface area contributed by atoms with Gasteiger partial charge in [0.15, 0.2) is 0 Å². The van der Waals surface area contributed by atoms with Crippen molar-refractivity contribution in [3.05, 3.63) is 78.9 Å². The van der Waals surface area contributed by atoms with E-state index in [1.807, 2.05) is 40.3 Å². The van der Waals surface area contributed by atoms with Crippen molar-refractivity contribution >= 4 is 39.8 Å². The summed E-state index contributed by atoms with van der Waals surface area (Å²) in [6.45, 7) is 8.32. The number of carbonyl (C=O) groups is 1. The first kappa shape index (κ1) is 28.2. The molecule has 3 N–H and O–H groups in total. The Morgan fingerprint density at radius 3 is 2.77 bits per heavy atom. The van der Waals surface area contributed by atoms with E-state index in [9.17, 15) is 4.79 Å². The number of aromatic amines is 1. The fourth-order valence-electron chi connectivity index (χ4n) is 5.70. The Labute approximate surface area is 251 Å². The molecule has 0 radical (unpaired) electrons. The number of para-hydroxylation sites is 1. The van der Waals surface area contributed by atoms with Crippen molar-refractivity contribution in [1.29, 1.82) is 0 Å². The van der Waals surface area contributed by atoms with Crippen LogP contribution >= 0.6 is 0 Å². The van der Waals surface area contributed by atoms with Crippen molar-refractivity contribution in [3.8, 4) is 22.6 Å². The number of aromatic nitrogens is 5. The van der Waals surface area contributed by atoms with Crippen LogP contribution in [0, 0.1) is 6.92 Å². The van der Waals surface area contributed by atoms with E-state index in [-0.39, 0.29) is 5.91 Å². The maximum Gasteiger partial charge on any atom is 0.247 e. The summed E-state index contributed by atoms with van der Waals surface area (Å²) in [6.07, 6.45) is 11.0. The van der Waals surface area contributed by atoms with Gasteiger partial charge in [0.1, 0.15) is 5.82 Å². The lowest BCUT2D eigenvalue weighted by Gasteiger charge is -2.25. The summed E-state index contributed by atoms with van der Waals surface area (Å²) >= 11 is 0. The van der Waals surface area contributed by atoms with Gasteiger partial charge in [-0.1, -0.05) is 24.8 Å². The Kier molecular flexibility index (Phi) is 7.69. The van der Waals surface area contributed by atoms with Gasteiger partial charge in [0.05, 0.1) is 28.1 Å². The zero-order valence-electron chi connectivity index (χ0n) is 25.1. The molecule has 0 unspecified atom stereocenters. The van der Waals surface area contributed by atoms with Crippen LogP contribution in [0.5, 0.6) is 0 Å². The molecule has 1 amide bonds. The molecule has 10 nitrogen and oxygen atoms in total. The van der Waals surface area contributed by atoms with Gasteiger partial charge >= 0.3 is 0 Å². The number of imidazole rings is 1. The number of benzene rings is 2. The molecule has 220 valence electrons. The van der Waals surface area contributed by atoms with Crippen molar-refractivity contribution < 1.29 is 4.79 Å². The fraction of sp³-hybridized carbons (Fsp3) is 0.273. The molecule has 0 bridgehead atoms. The maximum atomic E-state index is 12.4. The molecule has 0 aliphatic carbocycles. The molecule has 4 heterocycles. The minimum atomic E-state index is -0.272. The van der Waals surface area contributed by atoms with Gasteiger partial charge in [-0.15, -0.1) is 0 Å². The monoisotopic (exact) mass is 575 g/mol. The van der Waals surface area contributed by atoms with E-state index in [2.05, 4.69) is 72.0 Å². The predicted molar refractivity (Wildman–Crippen MR) is 174 cm³/mol. The van der Waals surface area contributed by atoms with Gasteiger partial charge in [-0.2, -0.15) is 0 Å². The average Bonchev–Trinajstić information content (AvgIpc) is 3.67. The number of amides is 1. The van der Waals surface area contributed by atoms with Crippen LogP contribution in [0.4, 0.5) is 23.0 Å². The van der Waals surface area contributed by atoms with Crippen molar-refractivity contribution in [2.45, 2.75) is 26.3 Å². The molecule has 0 saturated heterocycles. The Hall–Kier alpha value is -4.96. The Balaban J connectivity index is 1.42. The number of carbonyl (C=O) groups excluding carboxylic acids is 1. The first-order chi connectivity index (χ1) is 20.8. The van der Waals surface area contributed by atoms with E-state index in [1.165, 1.54) is 22.5 Å². The van der Waals surface area contributed by atoms with Crippen molar-refractivity contribution in [3.63, 3.8) is 0 Å². The highest BCUT2D eigenvalue weighted by Gasteiger charge is 2.22. The van der Waals surface area contributed by atoms with Crippen molar-refractivity contribution in [2.24, 2.45) is 0 Å². The third-order valence-electron chi connectivity index (χ3n) is 7.95. The summed E-state index contributed by atoms with van der Waals surface area (Å²) in [6, 6.07) is 10.5. The van der Waals surface area contributed by atoms with Crippen LogP contribution in [0.2, 0.25) is 0 Å². The minimum Gasteiger partial charge on any atom is -0.372 e. The van der Waals surface area contributed by atoms with E-state index in [1.54, 1.807) is 12.4 Å². The highest BCUT2D eigenvalue weighted by molar-refractivity contribution is 6.02. The van der Waals surface area contributed by atoms with Gasteiger partial charge in [-0.3, -0.25) is 4.79 Å². The topological polar surface area (TPSA) is 107 Å². The number of anilines is 4. The Morgan fingerprint density at radius 2 is 2.00 bits per heavy atom. The smallest absolute Gasteiger partial charge is 0.247 e. The van der Waals surface area contributed by atoms with E-state index in [4.69, 9.17) is 9.97 Å². The number of aryl methyl sites for hydroxylation is 3. The lowest BCUT2D eigenvalue weighted by Crippen LogP contribution is -2.29. The number of rotatable bonds is 10.